The van der Waals surface area contributed by atoms with Crippen LogP contribution in [0, 0.1) is 0 Å². The number of hydrogen-bond donors (Lipinski definition) is 2. The number of nitrogens with one attached hydrogen (secondary N) is 1. The van der Waals surface area contributed by atoms with E-state index in [9.17, 15) is 9.90 Å². The van der Waals surface area contributed by atoms with E-state index in [-0.39, 0.29) is 18.1 Å². The van der Waals surface area contributed by atoms with Crippen molar-refractivity contribution in [3.05, 3.63) is 53.6 Å². The Morgan fingerprint density at radius 1 is 1.08 bits per heavy atom. The van der Waals surface area contributed by atoms with Crippen LogP contribution in [0.25, 0.3) is 0 Å². The van der Waals surface area contributed by atoms with Crippen LogP contribution < -0.4 is 14.9 Å². The van der Waals surface area contributed by atoms with E-state index in [4.69, 9.17) is 9.47 Å². The van der Waals surface area contributed by atoms with Gasteiger partial charge in [-0.1, -0.05) is 12.1 Å². The summed E-state index contributed by atoms with van der Waals surface area (Å²) in [6.45, 7) is 4.90. The third-order valence-electron chi connectivity index (χ3n) is 3.27. The molecule has 2 N–H and O–H groups in total. The number of hydrazone groups is 1. The van der Waals surface area contributed by atoms with Crippen LogP contribution >= 0.6 is 0 Å². The van der Waals surface area contributed by atoms with Crippen LogP contribution in [0.3, 0.4) is 0 Å². The number of amides is 1. The largest absolute Gasteiger partial charge is 0.508 e. The van der Waals surface area contributed by atoms with Gasteiger partial charge in [0.05, 0.1) is 25.8 Å². The normalized spacial score (nSPS) is 10.6. The minimum Gasteiger partial charge on any atom is -0.508 e. The molecule has 0 unspecified atom stereocenters. The monoisotopic (exact) mass is 342 g/mol. The summed E-state index contributed by atoms with van der Waals surface area (Å²) in [7, 11) is 0. The number of ether oxygens (including phenoxy) is 2. The SMILES string of the molecule is CCOc1ccc(/C=N\NC(=O)Cc2ccc(O)cc2)cc1OCC. The zero-order chi connectivity index (χ0) is 18.1. The third-order valence-corrected chi connectivity index (χ3v) is 3.27. The minimum absolute atomic E-state index is 0.169. The zero-order valence-electron chi connectivity index (χ0n) is 14.4. The van der Waals surface area contributed by atoms with Crippen molar-refractivity contribution in [1.29, 1.82) is 0 Å². The van der Waals surface area contributed by atoms with Crippen LogP contribution in [0.15, 0.2) is 47.6 Å². The quantitative estimate of drug-likeness (QED) is 0.571. The van der Waals surface area contributed by atoms with Crippen LogP contribution in [-0.2, 0) is 11.2 Å². The van der Waals surface area contributed by atoms with E-state index in [2.05, 4.69) is 10.5 Å². The summed E-state index contributed by atoms with van der Waals surface area (Å²) in [5, 5.41) is 13.2. The Balaban J connectivity index is 1.95. The van der Waals surface area contributed by atoms with Gasteiger partial charge in [0.2, 0.25) is 5.91 Å². The maximum atomic E-state index is 11.9. The average Bonchev–Trinajstić information content (AvgIpc) is 2.59. The van der Waals surface area contributed by atoms with Gasteiger partial charge in [-0.05, 0) is 55.3 Å². The lowest BCUT2D eigenvalue weighted by atomic mass is 10.1. The first-order valence-corrected chi connectivity index (χ1v) is 8.11. The molecular weight excluding hydrogens is 320 g/mol. The zero-order valence-corrected chi connectivity index (χ0v) is 14.4. The lowest BCUT2D eigenvalue weighted by molar-refractivity contribution is -0.120. The molecule has 0 aliphatic heterocycles. The molecule has 132 valence electrons. The predicted octanol–water partition coefficient (Wildman–Crippen LogP) is 2.88. The maximum absolute atomic E-state index is 11.9. The van der Waals surface area contributed by atoms with Crippen molar-refractivity contribution < 1.29 is 19.4 Å². The Labute approximate surface area is 147 Å². The molecular formula is C19H22N2O4. The summed E-state index contributed by atoms with van der Waals surface area (Å²) in [4.78, 5) is 11.9. The molecule has 0 bridgehead atoms. The molecule has 1 amide bonds. The van der Waals surface area contributed by atoms with Gasteiger partial charge in [0.25, 0.3) is 0 Å². The maximum Gasteiger partial charge on any atom is 0.244 e. The number of carbonyl (C=O) groups is 1. The van der Waals surface area contributed by atoms with Gasteiger partial charge in [0, 0.05) is 0 Å². The van der Waals surface area contributed by atoms with Crippen LogP contribution in [0.4, 0.5) is 0 Å². The number of rotatable bonds is 8. The number of nitrogens with zero attached hydrogens (tertiary/aromatic N) is 1. The molecule has 2 aromatic carbocycles. The fourth-order valence-electron chi connectivity index (χ4n) is 2.17. The third kappa shape index (κ3) is 5.84. The second-order valence-electron chi connectivity index (χ2n) is 5.21. The van der Waals surface area contributed by atoms with Crippen LogP contribution in [0.1, 0.15) is 25.0 Å². The molecule has 0 fully saturated rings. The van der Waals surface area contributed by atoms with E-state index in [0.717, 1.165) is 11.1 Å². The molecule has 0 saturated heterocycles. The molecule has 0 atom stereocenters. The second-order valence-corrected chi connectivity index (χ2v) is 5.21. The summed E-state index contributed by atoms with van der Waals surface area (Å²) in [5.41, 5.74) is 4.07. The van der Waals surface area contributed by atoms with Crippen molar-refractivity contribution in [1.82, 2.24) is 5.43 Å². The van der Waals surface area contributed by atoms with Crippen LogP contribution in [0.5, 0.6) is 17.2 Å². The molecule has 0 heterocycles. The molecule has 0 saturated carbocycles. The fraction of sp³-hybridized carbons (Fsp3) is 0.263. The number of carbonyl (C=O) groups excluding carboxylic acids is 1. The number of phenolic OH excluding ortho intramolecular Hbond substituents is 1. The molecule has 6 nitrogen and oxygen atoms in total. The molecule has 0 aliphatic carbocycles. The summed E-state index contributed by atoms with van der Waals surface area (Å²) in [6, 6.07) is 11.9. The standard InChI is InChI=1S/C19H22N2O4/c1-3-24-17-10-7-15(11-18(17)25-4-2)13-20-21-19(23)12-14-5-8-16(22)9-6-14/h5-11,13,22H,3-4,12H2,1-2H3,(H,21,23)/b20-13-. The minimum atomic E-state index is -0.238. The molecule has 6 heteroatoms. The first-order chi connectivity index (χ1) is 12.1. The van der Waals surface area contributed by atoms with Gasteiger partial charge in [-0.25, -0.2) is 5.43 Å². The highest BCUT2D eigenvalue weighted by Gasteiger charge is 2.05. The van der Waals surface area contributed by atoms with Crippen LogP contribution in [-0.4, -0.2) is 30.4 Å². The number of phenols is 1. The van der Waals surface area contributed by atoms with E-state index < -0.39 is 0 Å². The van der Waals surface area contributed by atoms with Crippen molar-refractivity contribution >= 4 is 12.1 Å². The van der Waals surface area contributed by atoms with Gasteiger partial charge >= 0.3 is 0 Å². The Morgan fingerprint density at radius 2 is 1.76 bits per heavy atom. The van der Waals surface area contributed by atoms with Gasteiger partial charge in [0.15, 0.2) is 11.5 Å². The molecule has 0 spiro atoms. The predicted molar refractivity (Wildman–Crippen MR) is 96.3 cm³/mol. The summed E-state index contributed by atoms with van der Waals surface area (Å²) in [6.07, 6.45) is 1.73. The number of aromatic hydroxyl groups is 1. The van der Waals surface area contributed by atoms with Crippen molar-refractivity contribution in [2.45, 2.75) is 20.3 Å². The highest BCUT2D eigenvalue weighted by molar-refractivity contribution is 5.84. The first-order valence-electron chi connectivity index (χ1n) is 8.11. The smallest absolute Gasteiger partial charge is 0.244 e. The van der Waals surface area contributed by atoms with E-state index in [0.29, 0.717) is 24.7 Å². The van der Waals surface area contributed by atoms with Gasteiger partial charge in [-0.15, -0.1) is 0 Å². The number of benzene rings is 2. The van der Waals surface area contributed by atoms with Crippen molar-refractivity contribution in [3.63, 3.8) is 0 Å². The molecule has 0 aliphatic rings. The van der Waals surface area contributed by atoms with Crippen molar-refractivity contribution in [3.8, 4) is 17.2 Å². The lowest BCUT2D eigenvalue weighted by Crippen LogP contribution is -2.19. The molecule has 0 aromatic heterocycles. The van der Waals surface area contributed by atoms with Crippen LogP contribution in [0.2, 0.25) is 0 Å². The van der Waals surface area contributed by atoms with Crippen molar-refractivity contribution in [2.24, 2.45) is 5.10 Å². The number of hydrogen-bond acceptors (Lipinski definition) is 5. The van der Waals surface area contributed by atoms with Gasteiger partial charge < -0.3 is 14.6 Å². The highest BCUT2D eigenvalue weighted by Crippen LogP contribution is 2.27. The van der Waals surface area contributed by atoms with E-state index in [1.165, 1.54) is 0 Å². The summed E-state index contributed by atoms with van der Waals surface area (Å²) in [5.74, 6) is 1.25. The topological polar surface area (TPSA) is 80.2 Å². The fourth-order valence-corrected chi connectivity index (χ4v) is 2.17. The molecule has 2 aromatic rings. The van der Waals surface area contributed by atoms with E-state index >= 15 is 0 Å². The van der Waals surface area contributed by atoms with Gasteiger partial charge in [-0.3, -0.25) is 4.79 Å². The molecule has 25 heavy (non-hydrogen) atoms. The van der Waals surface area contributed by atoms with Gasteiger partial charge in [0.1, 0.15) is 5.75 Å². The average molecular weight is 342 g/mol. The van der Waals surface area contributed by atoms with Gasteiger partial charge in [-0.2, -0.15) is 5.10 Å². The first kappa shape index (κ1) is 18.3. The Kier molecular flexibility index (Phi) is 6.83. The Bertz CT molecular complexity index is 727. The van der Waals surface area contributed by atoms with E-state index in [1.54, 1.807) is 30.5 Å². The molecule has 2 rings (SSSR count). The lowest BCUT2D eigenvalue weighted by Gasteiger charge is -2.11. The van der Waals surface area contributed by atoms with Crippen molar-refractivity contribution in [2.75, 3.05) is 13.2 Å². The van der Waals surface area contributed by atoms with E-state index in [1.807, 2.05) is 32.0 Å². The highest BCUT2D eigenvalue weighted by atomic mass is 16.5. The summed E-state index contributed by atoms with van der Waals surface area (Å²) < 4.78 is 11.1. The Hall–Kier alpha value is -3.02. The second kappa shape index (κ2) is 9.32. The molecule has 0 radical (unpaired) electrons. The Morgan fingerprint density at radius 3 is 2.44 bits per heavy atom. The summed E-state index contributed by atoms with van der Waals surface area (Å²) >= 11 is 0.